The van der Waals surface area contributed by atoms with E-state index in [0.29, 0.717) is 41.0 Å². The molecule has 2 heterocycles. The topological polar surface area (TPSA) is 63.7 Å². The highest BCUT2D eigenvalue weighted by Gasteiger charge is 2.47. The van der Waals surface area contributed by atoms with Gasteiger partial charge in [-0.1, -0.05) is 0 Å². The summed E-state index contributed by atoms with van der Waals surface area (Å²) in [6.07, 6.45) is 3.49. The smallest absolute Gasteiger partial charge is 0.257 e. The number of fused-ring (bicyclic) bond motifs is 1. The monoisotopic (exact) mass is 389 g/mol. The number of hydrogen-bond donors (Lipinski definition) is 1. The van der Waals surface area contributed by atoms with Gasteiger partial charge < -0.3 is 19.1 Å². The molecule has 2 aliphatic rings. The fourth-order valence-electron chi connectivity index (χ4n) is 2.89. The van der Waals surface area contributed by atoms with Crippen molar-refractivity contribution in [3.05, 3.63) is 41.8 Å². The second kappa shape index (κ2) is 6.92. The predicted molar refractivity (Wildman–Crippen MR) is 101 cm³/mol. The molecule has 1 aromatic carbocycles. The lowest BCUT2D eigenvalue weighted by Crippen LogP contribution is -2.38. The number of nitrogens with zero attached hydrogens (tertiary/aromatic N) is 2. The van der Waals surface area contributed by atoms with E-state index in [9.17, 15) is 9.18 Å². The average Bonchev–Trinajstić information content (AvgIpc) is 3.43. The number of ether oxygens (including phenoxy) is 2. The van der Waals surface area contributed by atoms with Crippen molar-refractivity contribution in [1.29, 1.82) is 0 Å². The molecule has 1 spiro atoms. The van der Waals surface area contributed by atoms with Crippen LogP contribution in [0, 0.1) is 5.82 Å². The lowest BCUT2D eigenvalue weighted by Gasteiger charge is -2.20. The number of rotatable bonds is 5. The van der Waals surface area contributed by atoms with Crippen molar-refractivity contribution < 1.29 is 18.7 Å². The molecule has 8 heteroatoms. The summed E-state index contributed by atoms with van der Waals surface area (Å²) < 4.78 is 26.8. The Morgan fingerprint density at radius 3 is 2.96 bits per heavy atom. The molecular weight excluding hydrogens is 369 g/mol. The van der Waals surface area contributed by atoms with E-state index in [1.165, 1.54) is 24.1 Å². The molecule has 1 aromatic heterocycles. The second-order valence-electron chi connectivity index (χ2n) is 6.68. The first-order valence-corrected chi connectivity index (χ1v) is 9.56. The molecule has 1 saturated carbocycles. The van der Waals surface area contributed by atoms with Crippen molar-refractivity contribution in [3.63, 3.8) is 0 Å². The summed E-state index contributed by atoms with van der Waals surface area (Å²) in [5.74, 6) is 0.444. The van der Waals surface area contributed by atoms with Gasteiger partial charge in [0.15, 0.2) is 0 Å². The lowest BCUT2D eigenvalue weighted by atomic mass is 10.2. The van der Waals surface area contributed by atoms with E-state index in [-0.39, 0.29) is 17.3 Å². The van der Waals surface area contributed by atoms with Crippen LogP contribution in [0.4, 0.5) is 10.1 Å². The number of anilines is 1. The SMILES string of the molecule is CCOc1ccc(F)cc1SN(C)c1cnc2c(c1)C(=O)NC1(CC1)CO2. The fraction of sp³-hybridized carbons (Fsp3) is 0.368. The first-order chi connectivity index (χ1) is 13.0. The Morgan fingerprint density at radius 1 is 1.41 bits per heavy atom. The quantitative estimate of drug-likeness (QED) is 0.791. The zero-order chi connectivity index (χ0) is 19.0. The molecule has 0 unspecified atom stereocenters. The number of halogens is 1. The van der Waals surface area contributed by atoms with Crippen molar-refractivity contribution in [2.45, 2.75) is 30.2 Å². The Kier molecular flexibility index (Phi) is 4.59. The summed E-state index contributed by atoms with van der Waals surface area (Å²) in [5, 5.41) is 3.04. The van der Waals surface area contributed by atoms with Gasteiger partial charge in [-0.3, -0.25) is 4.79 Å². The third kappa shape index (κ3) is 3.66. The number of pyridine rings is 1. The Labute approximate surface area is 161 Å². The highest BCUT2D eigenvalue weighted by atomic mass is 32.2. The summed E-state index contributed by atoms with van der Waals surface area (Å²) in [5.41, 5.74) is 0.885. The maximum Gasteiger partial charge on any atom is 0.257 e. The number of benzene rings is 1. The van der Waals surface area contributed by atoms with Crippen molar-refractivity contribution >= 4 is 23.5 Å². The molecule has 1 fully saturated rings. The van der Waals surface area contributed by atoms with E-state index in [2.05, 4.69) is 10.3 Å². The van der Waals surface area contributed by atoms with E-state index in [1.54, 1.807) is 18.3 Å². The molecule has 1 aliphatic carbocycles. The number of amides is 1. The minimum Gasteiger partial charge on any atom is -0.493 e. The molecule has 142 valence electrons. The van der Waals surface area contributed by atoms with Crippen LogP contribution >= 0.6 is 11.9 Å². The standard InChI is InChI=1S/C19H20FN3O3S/c1-3-25-15-5-4-12(20)8-16(15)27-23(2)13-9-14-17(24)22-19(6-7-19)11-26-18(14)21-10-13/h4-5,8-10H,3,6-7,11H2,1-2H3,(H,22,24). The van der Waals surface area contributed by atoms with E-state index in [0.717, 1.165) is 12.8 Å². The minimum absolute atomic E-state index is 0.173. The van der Waals surface area contributed by atoms with Gasteiger partial charge in [-0.05, 0) is 56.0 Å². The maximum absolute atomic E-state index is 13.7. The van der Waals surface area contributed by atoms with E-state index in [4.69, 9.17) is 9.47 Å². The Hall–Kier alpha value is -2.48. The van der Waals surface area contributed by atoms with Crippen LogP contribution in [0.3, 0.4) is 0 Å². The third-order valence-corrected chi connectivity index (χ3v) is 5.60. The van der Waals surface area contributed by atoms with Crippen LogP contribution in [0.5, 0.6) is 11.6 Å². The van der Waals surface area contributed by atoms with E-state index < -0.39 is 0 Å². The summed E-state index contributed by atoms with van der Waals surface area (Å²) >= 11 is 1.30. The van der Waals surface area contributed by atoms with Crippen molar-refractivity contribution in [1.82, 2.24) is 10.3 Å². The average molecular weight is 389 g/mol. The Balaban J connectivity index is 1.58. The van der Waals surface area contributed by atoms with Gasteiger partial charge in [0.25, 0.3) is 5.91 Å². The summed E-state index contributed by atoms with van der Waals surface area (Å²) in [7, 11) is 1.83. The van der Waals surface area contributed by atoms with Crippen molar-refractivity contribution in [3.8, 4) is 11.6 Å². The molecule has 1 amide bonds. The van der Waals surface area contributed by atoms with Gasteiger partial charge in [0.1, 0.15) is 23.7 Å². The first-order valence-electron chi connectivity index (χ1n) is 8.79. The van der Waals surface area contributed by atoms with Gasteiger partial charge in [-0.15, -0.1) is 0 Å². The zero-order valence-electron chi connectivity index (χ0n) is 15.1. The lowest BCUT2D eigenvalue weighted by molar-refractivity contribution is 0.0932. The summed E-state index contributed by atoms with van der Waals surface area (Å²) in [4.78, 5) is 17.5. The van der Waals surface area contributed by atoms with Crippen LogP contribution in [-0.4, -0.2) is 36.7 Å². The van der Waals surface area contributed by atoms with Gasteiger partial charge in [0, 0.05) is 7.05 Å². The largest absolute Gasteiger partial charge is 0.493 e. The maximum atomic E-state index is 13.7. The molecule has 2 aromatic rings. The zero-order valence-corrected chi connectivity index (χ0v) is 15.9. The summed E-state index contributed by atoms with van der Waals surface area (Å²) in [6.45, 7) is 2.81. The molecule has 0 atom stereocenters. The van der Waals surface area contributed by atoms with Gasteiger partial charge in [-0.25, -0.2) is 9.37 Å². The van der Waals surface area contributed by atoms with Crippen LogP contribution in [-0.2, 0) is 0 Å². The number of aromatic nitrogens is 1. The molecule has 6 nitrogen and oxygen atoms in total. The van der Waals surface area contributed by atoms with Crippen LogP contribution < -0.4 is 19.1 Å². The Bertz CT molecular complexity index is 888. The Morgan fingerprint density at radius 2 is 2.22 bits per heavy atom. The summed E-state index contributed by atoms with van der Waals surface area (Å²) in [6, 6.07) is 6.15. The predicted octanol–water partition coefficient (Wildman–Crippen LogP) is 3.42. The molecule has 4 rings (SSSR count). The second-order valence-corrected chi connectivity index (χ2v) is 7.85. The van der Waals surface area contributed by atoms with Crippen molar-refractivity contribution in [2.75, 3.05) is 24.6 Å². The molecule has 0 radical (unpaired) electrons. The number of carbonyl (C=O) groups is 1. The van der Waals surface area contributed by atoms with Gasteiger partial charge >= 0.3 is 0 Å². The number of nitrogens with one attached hydrogen (secondary N) is 1. The van der Waals surface area contributed by atoms with E-state index in [1.807, 2.05) is 18.3 Å². The van der Waals surface area contributed by atoms with Crippen LogP contribution in [0.2, 0.25) is 0 Å². The van der Waals surface area contributed by atoms with Crippen LogP contribution in [0.15, 0.2) is 35.4 Å². The molecule has 0 bridgehead atoms. The third-order valence-electron chi connectivity index (χ3n) is 4.60. The van der Waals surface area contributed by atoms with Crippen LogP contribution in [0.25, 0.3) is 0 Å². The minimum atomic E-state index is -0.336. The molecular formula is C19H20FN3O3S. The highest BCUT2D eigenvalue weighted by Crippen LogP contribution is 2.40. The first kappa shape index (κ1) is 17.9. The fourth-order valence-corrected chi connectivity index (χ4v) is 3.77. The van der Waals surface area contributed by atoms with Gasteiger partial charge in [0.2, 0.25) is 5.88 Å². The van der Waals surface area contributed by atoms with Gasteiger partial charge in [0.05, 0.1) is 28.9 Å². The molecule has 1 aliphatic heterocycles. The van der Waals surface area contributed by atoms with Crippen molar-refractivity contribution in [2.24, 2.45) is 0 Å². The molecule has 27 heavy (non-hydrogen) atoms. The molecule has 0 saturated heterocycles. The van der Waals surface area contributed by atoms with Crippen LogP contribution in [0.1, 0.15) is 30.1 Å². The normalized spacial score (nSPS) is 16.8. The van der Waals surface area contributed by atoms with Gasteiger partial charge in [-0.2, -0.15) is 0 Å². The molecule has 1 N–H and O–H groups in total. The highest BCUT2D eigenvalue weighted by molar-refractivity contribution is 8.00. The number of carbonyl (C=O) groups excluding carboxylic acids is 1. The number of hydrogen-bond acceptors (Lipinski definition) is 6. The van der Waals surface area contributed by atoms with E-state index >= 15 is 0 Å².